The number of rotatable bonds is 10. The number of amides is 3. The summed E-state index contributed by atoms with van der Waals surface area (Å²) in [4.78, 5) is 49.7. The number of carbonyl (C=O) groups excluding carboxylic acids is 4. The molecule has 2 heterocycles. The number of thiophene rings is 1. The second-order valence-electron chi connectivity index (χ2n) is 7.06. The zero-order chi connectivity index (χ0) is 24.5. The fourth-order valence-corrected chi connectivity index (χ4v) is 3.87. The van der Waals surface area contributed by atoms with E-state index in [1.165, 1.54) is 18.4 Å². The van der Waals surface area contributed by atoms with Crippen LogP contribution in [0, 0.1) is 0 Å². The molecule has 1 aliphatic rings. The molecular formula is C23H25N3O7S. The lowest BCUT2D eigenvalue weighted by Crippen LogP contribution is -2.47. The van der Waals surface area contributed by atoms with Crippen LogP contribution in [-0.2, 0) is 19.1 Å². The third-order valence-corrected chi connectivity index (χ3v) is 5.70. The molecule has 11 heteroatoms. The van der Waals surface area contributed by atoms with Gasteiger partial charge in [-0.05, 0) is 36.1 Å². The molecule has 180 valence electrons. The maximum atomic E-state index is 12.7. The molecule has 1 unspecified atom stereocenters. The molecule has 0 spiro atoms. The van der Waals surface area contributed by atoms with Gasteiger partial charge in [0.25, 0.3) is 5.91 Å². The quantitative estimate of drug-likeness (QED) is 0.438. The average Bonchev–Trinajstić information content (AvgIpc) is 3.37. The standard InChI is InChI=1S/C23H25N3O7S/c1-3-32-22(29)19-16(13-33-18(27)10-11-24-21(28)17-5-4-12-34-17)25-23(30)26-20(19)14-6-8-15(31-2)9-7-14/h4-9,12,20H,3,10-11,13H2,1-2H3,(H,24,28)(H2,25,26,30). The molecule has 1 aromatic heterocycles. The van der Waals surface area contributed by atoms with Gasteiger partial charge >= 0.3 is 18.0 Å². The Bertz CT molecular complexity index is 1060. The average molecular weight is 488 g/mol. The maximum Gasteiger partial charge on any atom is 0.338 e. The highest BCUT2D eigenvalue weighted by molar-refractivity contribution is 7.12. The zero-order valence-electron chi connectivity index (χ0n) is 18.7. The van der Waals surface area contributed by atoms with Crippen molar-refractivity contribution in [3.63, 3.8) is 0 Å². The Balaban J connectivity index is 1.69. The van der Waals surface area contributed by atoms with E-state index in [9.17, 15) is 19.2 Å². The first-order chi connectivity index (χ1) is 16.4. The number of urea groups is 1. The molecule has 0 aliphatic carbocycles. The molecule has 3 amide bonds. The first-order valence-electron chi connectivity index (χ1n) is 10.5. The second-order valence-corrected chi connectivity index (χ2v) is 8.01. The Labute approximate surface area is 200 Å². The van der Waals surface area contributed by atoms with Crippen molar-refractivity contribution < 1.29 is 33.4 Å². The molecule has 10 nitrogen and oxygen atoms in total. The second kappa shape index (κ2) is 11.8. The number of methoxy groups -OCH3 is 1. The SMILES string of the molecule is CCOC(=O)C1=C(COC(=O)CCNC(=O)c2cccs2)NC(=O)NC1c1ccc(OC)cc1. The normalized spacial score (nSPS) is 15.1. The molecule has 0 radical (unpaired) electrons. The van der Waals surface area contributed by atoms with Gasteiger partial charge in [0.2, 0.25) is 0 Å². The van der Waals surface area contributed by atoms with Gasteiger partial charge in [0, 0.05) is 6.54 Å². The van der Waals surface area contributed by atoms with Crippen molar-refractivity contribution in [2.24, 2.45) is 0 Å². The van der Waals surface area contributed by atoms with E-state index >= 15 is 0 Å². The van der Waals surface area contributed by atoms with Crippen molar-refractivity contribution in [1.29, 1.82) is 0 Å². The molecule has 0 saturated carbocycles. The molecule has 0 saturated heterocycles. The fourth-order valence-electron chi connectivity index (χ4n) is 3.23. The first-order valence-corrected chi connectivity index (χ1v) is 11.4. The van der Waals surface area contributed by atoms with Gasteiger partial charge in [-0.1, -0.05) is 18.2 Å². The smallest absolute Gasteiger partial charge is 0.338 e. The largest absolute Gasteiger partial charge is 0.497 e. The third kappa shape index (κ3) is 6.35. The van der Waals surface area contributed by atoms with Gasteiger partial charge in [-0.3, -0.25) is 9.59 Å². The summed E-state index contributed by atoms with van der Waals surface area (Å²) in [5, 5.41) is 9.65. The number of hydrogen-bond donors (Lipinski definition) is 3. The van der Waals surface area contributed by atoms with Gasteiger partial charge < -0.3 is 30.2 Å². The third-order valence-electron chi connectivity index (χ3n) is 4.84. The summed E-state index contributed by atoms with van der Waals surface area (Å²) in [6.45, 7) is 1.54. The Morgan fingerprint density at radius 2 is 1.88 bits per heavy atom. The molecule has 34 heavy (non-hydrogen) atoms. The van der Waals surface area contributed by atoms with Crippen LogP contribution in [0.4, 0.5) is 4.79 Å². The molecule has 1 atom stereocenters. The van der Waals surface area contributed by atoms with Crippen LogP contribution in [-0.4, -0.2) is 50.7 Å². The highest BCUT2D eigenvalue weighted by atomic mass is 32.1. The Morgan fingerprint density at radius 1 is 1.12 bits per heavy atom. The van der Waals surface area contributed by atoms with E-state index < -0.39 is 24.0 Å². The van der Waals surface area contributed by atoms with Crippen LogP contribution >= 0.6 is 11.3 Å². The number of carbonyl (C=O) groups is 4. The Kier molecular flexibility index (Phi) is 8.63. The van der Waals surface area contributed by atoms with E-state index in [0.29, 0.717) is 16.2 Å². The monoisotopic (exact) mass is 487 g/mol. The number of ether oxygens (including phenoxy) is 3. The van der Waals surface area contributed by atoms with Gasteiger partial charge in [0.05, 0.1) is 42.3 Å². The van der Waals surface area contributed by atoms with Crippen molar-refractivity contribution in [3.8, 4) is 5.75 Å². The summed E-state index contributed by atoms with van der Waals surface area (Å²) in [7, 11) is 1.53. The number of hydrogen-bond acceptors (Lipinski definition) is 8. The number of nitrogens with one attached hydrogen (secondary N) is 3. The van der Waals surface area contributed by atoms with Gasteiger partial charge in [-0.2, -0.15) is 0 Å². The van der Waals surface area contributed by atoms with Gasteiger partial charge in [-0.15, -0.1) is 11.3 Å². The highest BCUT2D eigenvalue weighted by Crippen LogP contribution is 2.29. The minimum Gasteiger partial charge on any atom is -0.497 e. The Hall–Kier alpha value is -3.86. The summed E-state index contributed by atoms with van der Waals surface area (Å²) < 4.78 is 15.6. The molecule has 3 N–H and O–H groups in total. The van der Waals surface area contributed by atoms with Crippen LogP contribution in [0.1, 0.15) is 34.6 Å². The highest BCUT2D eigenvalue weighted by Gasteiger charge is 2.34. The molecule has 1 aliphatic heterocycles. The topological polar surface area (TPSA) is 132 Å². The maximum absolute atomic E-state index is 12.7. The van der Waals surface area contributed by atoms with E-state index in [-0.39, 0.29) is 43.4 Å². The van der Waals surface area contributed by atoms with Crippen molar-refractivity contribution in [2.75, 3.05) is 26.9 Å². The minimum absolute atomic E-state index is 0.0762. The number of esters is 2. The molecule has 3 rings (SSSR count). The summed E-state index contributed by atoms with van der Waals surface area (Å²) in [6.07, 6.45) is -0.0762. The molecular weight excluding hydrogens is 462 g/mol. The predicted molar refractivity (Wildman–Crippen MR) is 123 cm³/mol. The first kappa shape index (κ1) is 24.8. The van der Waals surface area contributed by atoms with E-state index in [2.05, 4.69) is 16.0 Å². The van der Waals surface area contributed by atoms with Crippen LogP contribution in [0.3, 0.4) is 0 Å². The van der Waals surface area contributed by atoms with E-state index in [4.69, 9.17) is 14.2 Å². The summed E-state index contributed by atoms with van der Waals surface area (Å²) in [5.74, 6) is -0.907. The van der Waals surface area contributed by atoms with E-state index in [0.717, 1.165) is 0 Å². The van der Waals surface area contributed by atoms with Crippen molar-refractivity contribution in [3.05, 3.63) is 63.5 Å². The van der Waals surface area contributed by atoms with Crippen LogP contribution < -0.4 is 20.7 Å². The molecule has 1 aromatic carbocycles. The van der Waals surface area contributed by atoms with E-state index in [1.807, 2.05) is 0 Å². The summed E-state index contributed by atoms with van der Waals surface area (Å²) >= 11 is 1.30. The zero-order valence-corrected chi connectivity index (χ0v) is 19.5. The van der Waals surface area contributed by atoms with Crippen molar-refractivity contribution in [1.82, 2.24) is 16.0 Å². The lowest BCUT2D eigenvalue weighted by Gasteiger charge is -2.29. The molecule has 0 fully saturated rings. The van der Waals surface area contributed by atoms with Crippen molar-refractivity contribution >= 4 is 35.2 Å². The predicted octanol–water partition coefficient (Wildman–Crippen LogP) is 2.29. The summed E-state index contributed by atoms with van der Waals surface area (Å²) in [6, 6.07) is 8.92. The number of benzene rings is 1. The van der Waals surface area contributed by atoms with Crippen LogP contribution in [0.5, 0.6) is 5.75 Å². The van der Waals surface area contributed by atoms with Crippen LogP contribution in [0.15, 0.2) is 53.0 Å². The fraction of sp³-hybridized carbons (Fsp3) is 0.304. The van der Waals surface area contributed by atoms with Crippen molar-refractivity contribution in [2.45, 2.75) is 19.4 Å². The molecule has 2 aromatic rings. The van der Waals surface area contributed by atoms with Crippen LogP contribution in [0.2, 0.25) is 0 Å². The van der Waals surface area contributed by atoms with Gasteiger partial charge in [-0.25, -0.2) is 9.59 Å². The van der Waals surface area contributed by atoms with Crippen LogP contribution in [0.25, 0.3) is 0 Å². The lowest BCUT2D eigenvalue weighted by molar-refractivity contribution is -0.143. The van der Waals surface area contributed by atoms with E-state index in [1.54, 1.807) is 48.7 Å². The van der Waals surface area contributed by atoms with Gasteiger partial charge in [0.1, 0.15) is 12.4 Å². The lowest BCUT2D eigenvalue weighted by atomic mass is 9.95. The Morgan fingerprint density at radius 3 is 2.53 bits per heavy atom. The summed E-state index contributed by atoms with van der Waals surface area (Å²) in [5.41, 5.74) is 0.878. The molecule has 0 bridgehead atoms. The van der Waals surface area contributed by atoms with Gasteiger partial charge in [0.15, 0.2) is 0 Å². The minimum atomic E-state index is -0.808.